The van der Waals surface area contributed by atoms with Crippen LogP contribution >= 0.6 is 11.6 Å². The lowest BCUT2D eigenvalue weighted by molar-refractivity contribution is 0.0984. The Morgan fingerprint density at radius 3 is 2.50 bits per heavy atom. The summed E-state index contributed by atoms with van der Waals surface area (Å²) in [4.78, 5) is 11.9. The van der Waals surface area contributed by atoms with Gasteiger partial charge in [-0.25, -0.2) is 0 Å². The van der Waals surface area contributed by atoms with E-state index in [0.29, 0.717) is 30.2 Å². The Morgan fingerprint density at radius 2 is 1.94 bits per heavy atom. The number of rotatable bonds is 5. The third-order valence-corrected chi connectivity index (χ3v) is 2.64. The molecule has 1 aromatic rings. The van der Waals surface area contributed by atoms with Gasteiger partial charge in [-0.15, -0.1) is 11.6 Å². The van der Waals surface area contributed by atoms with Crippen LogP contribution in [0.1, 0.15) is 34.8 Å². The minimum Gasteiger partial charge on any atom is -0.493 e. The van der Waals surface area contributed by atoms with E-state index in [4.69, 9.17) is 16.3 Å². The highest BCUT2D eigenvalue weighted by molar-refractivity contribution is 6.19. The molecule has 0 spiro atoms. The van der Waals surface area contributed by atoms with Crippen molar-refractivity contribution in [3.63, 3.8) is 0 Å². The van der Waals surface area contributed by atoms with Crippen molar-refractivity contribution >= 4 is 17.4 Å². The van der Waals surface area contributed by atoms with Crippen molar-refractivity contribution in [2.24, 2.45) is 0 Å². The minimum absolute atomic E-state index is 0.0552. The summed E-state index contributed by atoms with van der Waals surface area (Å²) in [6, 6.07) is 3.91. The Morgan fingerprint density at radius 1 is 1.31 bits per heavy atom. The summed E-state index contributed by atoms with van der Waals surface area (Å²) in [7, 11) is 0. The fraction of sp³-hybridized carbons (Fsp3) is 0.462. The lowest BCUT2D eigenvalue weighted by atomic mass is 9.99. The maximum absolute atomic E-state index is 11.9. The highest BCUT2D eigenvalue weighted by atomic mass is 35.5. The van der Waals surface area contributed by atoms with Crippen molar-refractivity contribution in [1.82, 2.24) is 0 Å². The SMILES string of the molecule is CCOc1c(C)ccc(C)c1C(=O)CCCl. The molecule has 16 heavy (non-hydrogen) atoms. The number of carbonyl (C=O) groups excluding carboxylic acids is 1. The van der Waals surface area contributed by atoms with Crippen molar-refractivity contribution in [3.8, 4) is 5.75 Å². The van der Waals surface area contributed by atoms with Crippen molar-refractivity contribution in [3.05, 3.63) is 28.8 Å². The molecule has 88 valence electrons. The van der Waals surface area contributed by atoms with Crippen LogP contribution in [-0.4, -0.2) is 18.3 Å². The predicted molar refractivity (Wildman–Crippen MR) is 66.8 cm³/mol. The first-order valence-electron chi connectivity index (χ1n) is 5.44. The maximum atomic E-state index is 11.9. The Labute approximate surface area is 102 Å². The molecule has 0 aliphatic heterocycles. The largest absolute Gasteiger partial charge is 0.493 e. The zero-order valence-corrected chi connectivity index (χ0v) is 10.7. The minimum atomic E-state index is 0.0552. The number of benzene rings is 1. The van der Waals surface area contributed by atoms with Gasteiger partial charge in [-0.3, -0.25) is 4.79 Å². The number of hydrogen-bond acceptors (Lipinski definition) is 2. The van der Waals surface area contributed by atoms with E-state index in [-0.39, 0.29) is 5.78 Å². The summed E-state index contributed by atoms with van der Waals surface area (Å²) in [6.45, 7) is 6.34. The molecule has 0 aliphatic rings. The highest BCUT2D eigenvalue weighted by Crippen LogP contribution is 2.28. The smallest absolute Gasteiger partial charge is 0.168 e. The zero-order valence-electron chi connectivity index (χ0n) is 9.97. The van der Waals surface area contributed by atoms with Gasteiger partial charge in [-0.05, 0) is 31.9 Å². The van der Waals surface area contributed by atoms with E-state index in [2.05, 4.69) is 0 Å². The van der Waals surface area contributed by atoms with Crippen molar-refractivity contribution in [1.29, 1.82) is 0 Å². The third kappa shape index (κ3) is 2.76. The lowest BCUT2D eigenvalue weighted by Gasteiger charge is -2.14. The second-order valence-corrected chi connectivity index (χ2v) is 4.08. The van der Waals surface area contributed by atoms with Crippen LogP contribution in [-0.2, 0) is 0 Å². The fourth-order valence-electron chi connectivity index (χ4n) is 1.67. The quantitative estimate of drug-likeness (QED) is 0.582. The van der Waals surface area contributed by atoms with Crippen LogP contribution in [0.2, 0.25) is 0 Å². The van der Waals surface area contributed by atoms with E-state index in [1.807, 2.05) is 32.9 Å². The number of Topliss-reactive ketones (excluding diaryl/α,β-unsaturated/α-hetero) is 1. The summed E-state index contributed by atoms with van der Waals surface area (Å²) >= 11 is 5.61. The van der Waals surface area contributed by atoms with Crippen molar-refractivity contribution in [2.45, 2.75) is 27.2 Å². The molecule has 0 saturated carbocycles. The molecule has 0 amide bonds. The number of hydrogen-bond donors (Lipinski definition) is 0. The average molecular weight is 241 g/mol. The third-order valence-electron chi connectivity index (χ3n) is 2.45. The number of ketones is 1. The van der Waals surface area contributed by atoms with E-state index in [0.717, 1.165) is 11.1 Å². The summed E-state index contributed by atoms with van der Waals surface area (Å²) in [5.74, 6) is 1.11. The van der Waals surface area contributed by atoms with Crippen molar-refractivity contribution in [2.75, 3.05) is 12.5 Å². The molecule has 0 unspecified atom stereocenters. The van der Waals surface area contributed by atoms with Crippen LogP contribution < -0.4 is 4.74 Å². The molecule has 3 heteroatoms. The van der Waals surface area contributed by atoms with Gasteiger partial charge in [-0.2, -0.15) is 0 Å². The molecule has 0 heterocycles. The van der Waals surface area contributed by atoms with Crippen molar-refractivity contribution < 1.29 is 9.53 Å². The summed E-state index contributed by atoms with van der Waals surface area (Å²) < 4.78 is 5.55. The molecule has 0 radical (unpaired) electrons. The second kappa shape index (κ2) is 5.90. The van der Waals surface area contributed by atoms with E-state index in [1.165, 1.54) is 0 Å². The molecule has 0 atom stereocenters. The van der Waals surface area contributed by atoms with E-state index < -0.39 is 0 Å². The molecular weight excluding hydrogens is 224 g/mol. The molecule has 1 rings (SSSR count). The molecule has 0 aliphatic carbocycles. The predicted octanol–water partition coefficient (Wildman–Crippen LogP) is 3.51. The molecule has 0 bridgehead atoms. The fourth-order valence-corrected chi connectivity index (χ4v) is 1.84. The van der Waals surface area contributed by atoms with Crippen LogP contribution in [0, 0.1) is 13.8 Å². The van der Waals surface area contributed by atoms with Gasteiger partial charge in [0.1, 0.15) is 5.75 Å². The zero-order chi connectivity index (χ0) is 12.1. The number of halogens is 1. The Hall–Kier alpha value is -1.02. The molecule has 2 nitrogen and oxygen atoms in total. The highest BCUT2D eigenvalue weighted by Gasteiger charge is 2.16. The van der Waals surface area contributed by atoms with Crippen LogP contribution in [0.5, 0.6) is 5.75 Å². The Kier molecular flexibility index (Phi) is 4.81. The van der Waals surface area contributed by atoms with Gasteiger partial charge in [0.25, 0.3) is 0 Å². The van der Waals surface area contributed by atoms with Gasteiger partial charge in [0.2, 0.25) is 0 Å². The first-order valence-corrected chi connectivity index (χ1v) is 5.97. The van der Waals surface area contributed by atoms with Gasteiger partial charge in [0, 0.05) is 12.3 Å². The van der Waals surface area contributed by atoms with Crippen LogP contribution in [0.15, 0.2) is 12.1 Å². The summed E-state index contributed by atoms with van der Waals surface area (Å²) in [6.07, 6.45) is 0.353. The molecule has 0 N–H and O–H groups in total. The number of aryl methyl sites for hydroxylation is 2. The summed E-state index contributed by atoms with van der Waals surface area (Å²) in [5.41, 5.74) is 2.62. The second-order valence-electron chi connectivity index (χ2n) is 3.70. The van der Waals surface area contributed by atoms with E-state index in [1.54, 1.807) is 0 Å². The standard InChI is InChI=1S/C13H17ClO2/c1-4-16-13-10(3)6-5-9(2)12(13)11(15)7-8-14/h5-6H,4,7-8H2,1-3H3. The normalized spacial score (nSPS) is 10.2. The monoisotopic (exact) mass is 240 g/mol. The molecular formula is C13H17ClO2. The van der Waals surface area contributed by atoms with Crippen LogP contribution in [0.25, 0.3) is 0 Å². The molecule has 0 aromatic heterocycles. The Balaban J connectivity index is 3.22. The molecule has 1 aromatic carbocycles. The van der Waals surface area contributed by atoms with Gasteiger partial charge in [-0.1, -0.05) is 12.1 Å². The average Bonchev–Trinajstić information content (AvgIpc) is 2.24. The maximum Gasteiger partial charge on any atom is 0.168 e. The Bertz CT molecular complexity index is 386. The van der Waals surface area contributed by atoms with E-state index in [9.17, 15) is 4.79 Å². The number of ether oxygens (including phenoxy) is 1. The van der Waals surface area contributed by atoms with Gasteiger partial charge in [0.15, 0.2) is 5.78 Å². The topological polar surface area (TPSA) is 26.3 Å². The number of carbonyl (C=O) groups is 1. The molecule has 0 fully saturated rings. The van der Waals surface area contributed by atoms with Crippen LogP contribution in [0.3, 0.4) is 0 Å². The number of alkyl halides is 1. The van der Waals surface area contributed by atoms with Gasteiger partial charge >= 0.3 is 0 Å². The van der Waals surface area contributed by atoms with Gasteiger partial charge in [0.05, 0.1) is 12.2 Å². The van der Waals surface area contributed by atoms with Gasteiger partial charge < -0.3 is 4.74 Å². The lowest BCUT2D eigenvalue weighted by Crippen LogP contribution is -2.08. The first kappa shape index (κ1) is 13.0. The van der Waals surface area contributed by atoms with E-state index >= 15 is 0 Å². The van der Waals surface area contributed by atoms with Crippen LogP contribution in [0.4, 0.5) is 0 Å². The molecule has 0 saturated heterocycles. The first-order chi connectivity index (χ1) is 7.61. The summed E-state index contributed by atoms with van der Waals surface area (Å²) in [5, 5.41) is 0.